The third-order valence-electron chi connectivity index (χ3n) is 4.70. The van der Waals surface area contributed by atoms with Gasteiger partial charge in [-0.25, -0.2) is 4.98 Å². The molecule has 1 fully saturated rings. The van der Waals surface area contributed by atoms with E-state index < -0.39 is 0 Å². The lowest BCUT2D eigenvalue weighted by Crippen LogP contribution is -2.03. The Morgan fingerprint density at radius 2 is 2.30 bits per heavy atom. The Kier molecular flexibility index (Phi) is 3.06. The number of aryl methyl sites for hydroxylation is 1. The number of allylic oxidation sites excluding steroid dienone is 4. The molecule has 2 unspecified atom stereocenters. The first-order valence-corrected chi connectivity index (χ1v) is 6.94. The molecule has 1 saturated carbocycles. The zero-order valence-electron chi connectivity index (χ0n) is 11.8. The molecule has 2 aliphatic carbocycles. The molecule has 1 heterocycles. The topological polar surface area (TPSA) is 65.5 Å². The van der Waals surface area contributed by atoms with Crippen LogP contribution in [0.25, 0.3) is 5.57 Å². The van der Waals surface area contributed by atoms with Gasteiger partial charge in [0.15, 0.2) is 0 Å². The van der Waals surface area contributed by atoms with E-state index in [9.17, 15) is 5.26 Å². The van der Waals surface area contributed by atoms with Crippen molar-refractivity contribution in [1.82, 2.24) is 9.55 Å². The molecule has 0 saturated heterocycles. The molecule has 0 radical (unpaired) electrons. The number of imidazole rings is 1. The smallest absolute Gasteiger partial charge is 0.101 e. The summed E-state index contributed by atoms with van der Waals surface area (Å²) in [5.41, 5.74) is 5.46. The lowest BCUT2D eigenvalue weighted by atomic mass is 9.95. The highest BCUT2D eigenvalue weighted by Gasteiger charge is 2.39. The maximum Gasteiger partial charge on any atom is 0.101 e. The molecule has 3 rings (SSSR count). The molecule has 0 spiro atoms. The van der Waals surface area contributed by atoms with Crippen LogP contribution in [-0.4, -0.2) is 15.8 Å². The number of nitriles is 1. The van der Waals surface area contributed by atoms with Gasteiger partial charge in [-0.05, 0) is 49.2 Å². The lowest BCUT2D eigenvalue weighted by molar-refractivity contribution is 0.487. The molecule has 1 aromatic heterocycles. The molecule has 2 aliphatic rings. The Bertz CT molecular complexity index is 669. The van der Waals surface area contributed by atoms with E-state index in [1.165, 1.54) is 22.9 Å². The van der Waals surface area contributed by atoms with Crippen LogP contribution < -0.4 is 0 Å². The number of hydrogen-bond donors (Lipinski definition) is 1. The molecule has 2 atom stereocenters. The quantitative estimate of drug-likeness (QED) is 0.660. The van der Waals surface area contributed by atoms with Crippen LogP contribution in [0.5, 0.6) is 0 Å². The Morgan fingerprint density at radius 1 is 1.50 bits per heavy atom. The normalized spacial score (nSPS) is 27.4. The zero-order valence-corrected chi connectivity index (χ0v) is 11.8. The Balaban J connectivity index is 1.98. The van der Waals surface area contributed by atoms with Crippen LogP contribution >= 0.6 is 0 Å². The molecule has 4 heteroatoms. The second kappa shape index (κ2) is 4.75. The largest absolute Gasteiger partial charge is 0.333 e. The minimum absolute atomic E-state index is 0.444. The average Bonchev–Trinajstić information content (AvgIpc) is 3.06. The fourth-order valence-corrected chi connectivity index (χ4v) is 3.73. The third kappa shape index (κ3) is 1.82. The summed E-state index contributed by atoms with van der Waals surface area (Å²) >= 11 is 0. The monoisotopic (exact) mass is 266 g/mol. The number of fused-ring (bicyclic) bond motifs is 1. The predicted octanol–water partition coefficient (Wildman–Crippen LogP) is 3.09. The summed E-state index contributed by atoms with van der Waals surface area (Å²) in [6.07, 6.45) is 7.98. The van der Waals surface area contributed by atoms with Gasteiger partial charge in [0, 0.05) is 13.3 Å². The van der Waals surface area contributed by atoms with Gasteiger partial charge in [0.05, 0.1) is 23.8 Å². The van der Waals surface area contributed by atoms with Crippen LogP contribution in [0.3, 0.4) is 0 Å². The highest BCUT2D eigenvalue weighted by atomic mass is 15.0. The summed E-state index contributed by atoms with van der Waals surface area (Å²) in [6, 6.07) is 2.37. The summed E-state index contributed by atoms with van der Waals surface area (Å²) in [5, 5.41) is 17.1. The number of nitrogens with zero attached hydrogens (tertiary/aromatic N) is 3. The lowest BCUT2D eigenvalue weighted by Gasteiger charge is -2.09. The van der Waals surface area contributed by atoms with E-state index in [-0.39, 0.29) is 0 Å². The van der Waals surface area contributed by atoms with Crippen molar-refractivity contribution >= 4 is 11.8 Å². The van der Waals surface area contributed by atoms with E-state index in [2.05, 4.69) is 18.0 Å². The van der Waals surface area contributed by atoms with Gasteiger partial charge in [-0.3, -0.25) is 0 Å². The molecule has 0 aromatic carbocycles. The van der Waals surface area contributed by atoms with Gasteiger partial charge in [0.2, 0.25) is 0 Å². The van der Waals surface area contributed by atoms with E-state index in [1.807, 2.05) is 11.6 Å². The molecule has 4 nitrogen and oxygen atoms in total. The Hall–Kier alpha value is -2.15. The van der Waals surface area contributed by atoms with E-state index in [4.69, 9.17) is 5.41 Å². The second-order valence-electron chi connectivity index (χ2n) is 5.84. The molecule has 0 bridgehead atoms. The van der Waals surface area contributed by atoms with Gasteiger partial charge in [-0.2, -0.15) is 5.26 Å². The molecule has 1 aromatic rings. The van der Waals surface area contributed by atoms with E-state index in [0.717, 1.165) is 30.5 Å². The molecule has 0 aliphatic heterocycles. The van der Waals surface area contributed by atoms with Gasteiger partial charge in [0.1, 0.15) is 6.07 Å². The van der Waals surface area contributed by atoms with Crippen molar-refractivity contribution < 1.29 is 0 Å². The molecule has 102 valence electrons. The maximum atomic E-state index is 9.52. The van der Waals surface area contributed by atoms with Crippen molar-refractivity contribution in [3.63, 3.8) is 0 Å². The molecular weight excluding hydrogens is 248 g/mol. The van der Waals surface area contributed by atoms with Crippen LogP contribution in [0.1, 0.15) is 31.9 Å². The van der Waals surface area contributed by atoms with Crippen molar-refractivity contribution in [3.8, 4) is 6.07 Å². The van der Waals surface area contributed by atoms with Gasteiger partial charge in [-0.15, -0.1) is 0 Å². The van der Waals surface area contributed by atoms with Gasteiger partial charge >= 0.3 is 0 Å². The number of rotatable bonds is 2. The highest BCUT2D eigenvalue weighted by Crippen LogP contribution is 2.50. The third-order valence-corrected chi connectivity index (χ3v) is 4.70. The van der Waals surface area contributed by atoms with Crippen LogP contribution in [-0.2, 0) is 7.05 Å². The maximum absolute atomic E-state index is 9.52. The van der Waals surface area contributed by atoms with Crippen molar-refractivity contribution in [1.29, 1.82) is 10.7 Å². The van der Waals surface area contributed by atoms with Crippen molar-refractivity contribution in [2.75, 3.05) is 0 Å². The molecule has 20 heavy (non-hydrogen) atoms. The SMILES string of the molecule is CC1=C(C=N)C2C/C(=C(\C#N)c3cncn3C)CC2C1. The standard InChI is InChI=1S/C16H18N4/c1-10-3-11-4-12(5-13(11)14(10)6-17)15(7-18)16-8-19-9-20(16)2/h6,8-9,11,13,17H,3-5H2,1-2H3/b15-12+,17-6?. The van der Waals surface area contributed by atoms with Crippen LogP contribution in [0, 0.1) is 28.6 Å². The van der Waals surface area contributed by atoms with Crippen molar-refractivity contribution in [2.45, 2.75) is 26.2 Å². The average molecular weight is 266 g/mol. The van der Waals surface area contributed by atoms with E-state index in [0.29, 0.717) is 11.8 Å². The minimum Gasteiger partial charge on any atom is -0.333 e. The van der Waals surface area contributed by atoms with Gasteiger partial charge in [-0.1, -0.05) is 5.57 Å². The Morgan fingerprint density at radius 3 is 2.90 bits per heavy atom. The highest BCUT2D eigenvalue weighted by molar-refractivity contribution is 5.81. The van der Waals surface area contributed by atoms with Gasteiger partial charge < -0.3 is 9.98 Å². The number of aromatic nitrogens is 2. The number of nitrogens with one attached hydrogen (secondary N) is 1. The predicted molar refractivity (Wildman–Crippen MR) is 78.1 cm³/mol. The molecule has 0 amide bonds. The summed E-state index contributed by atoms with van der Waals surface area (Å²) in [7, 11) is 1.92. The second-order valence-corrected chi connectivity index (χ2v) is 5.84. The first-order valence-electron chi connectivity index (χ1n) is 6.94. The van der Waals surface area contributed by atoms with E-state index >= 15 is 0 Å². The summed E-state index contributed by atoms with van der Waals surface area (Å²) < 4.78 is 1.90. The van der Waals surface area contributed by atoms with Crippen LogP contribution in [0.4, 0.5) is 0 Å². The van der Waals surface area contributed by atoms with Crippen LogP contribution in [0.15, 0.2) is 29.2 Å². The number of hydrogen-bond acceptors (Lipinski definition) is 3. The van der Waals surface area contributed by atoms with Crippen molar-refractivity contribution in [2.24, 2.45) is 18.9 Å². The zero-order chi connectivity index (χ0) is 14.3. The Labute approximate surface area is 119 Å². The molecule has 1 N–H and O–H groups in total. The van der Waals surface area contributed by atoms with Crippen LogP contribution in [0.2, 0.25) is 0 Å². The van der Waals surface area contributed by atoms with E-state index in [1.54, 1.807) is 12.5 Å². The fraction of sp³-hybridized carbons (Fsp3) is 0.438. The summed E-state index contributed by atoms with van der Waals surface area (Å²) in [6.45, 7) is 2.13. The van der Waals surface area contributed by atoms with Crippen molar-refractivity contribution in [3.05, 3.63) is 34.9 Å². The first kappa shape index (κ1) is 12.9. The fourth-order valence-electron chi connectivity index (χ4n) is 3.73. The van der Waals surface area contributed by atoms with Gasteiger partial charge in [0.25, 0.3) is 0 Å². The minimum atomic E-state index is 0.444. The summed E-state index contributed by atoms with van der Waals surface area (Å²) in [4.78, 5) is 4.11. The summed E-state index contributed by atoms with van der Waals surface area (Å²) in [5.74, 6) is 1.03. The molecular formula is C16H18N4. The first-order chi connectivity index (χ1) is 9.65.